The number of para-hydroxylation sites is 2. The number of likely N-dealkylation sites (tertiary alicyclic amines) is 1. The van der Waals surface area contributed by atoms with Gasteiger partial charge in [0.25, 0.3) is 0 Å². The van der Waals surface area contributed by atoms with E-state index >= 15 is 0 Å². The number of hydrogen-bond acceptors (Lipinski definition) is 4. The Hall–Kier alpha value is -1.26. The highest BCUT2D eigenvalue weighted by Crippen LogP contribution is 2.29. The highest BCUT2D eigenvalue weighted by Gasteiger charge is 2.31. The molecule has 0 radical (unpaired) electrons. The van der Waals surface area contributed by atoms with Gasteiger partial charge in [-0.1, -0.05) is 19.1 Å². The maximum Gasteiger partial charge on any atom is 0.161 e. The van der Waals surface area contributed by atoms with Crippen LogP contribution >= 0.6 is 0 Å². The molecule has 4 nitrogen and oxygen atoms in total. The lowest BCUT2D eigenvalue weighted by atomic mass is 9.90. The molecule has 1 aliphatic rings. The molecule has 1 saturated heterocycles. The summed E-state index contributed by atoms with van der Waals surface area (Å²) in [6.45, 7) is 6.82. The van der Waals surface area contributed by atoms with Crippen LogP contribution in [0.25, 0.3) is 0 Å². The second-order valence-corrected chi connectivity index (χ2v) is 5.54. The molecule has 2 N–H and O–H groups in total. The monoisotopic (exact) mass is 264 g/mol. The Morgan fingerprint density at radius 1 is 1.32 bits per heavy atom. The van der Waals surface area contributed by atoms with Crippen molar-refractivity contribution in [1.29, 1.82) is 0 Å². The fourth-order valence-corrected chi connectivity index (χ4v) is 2.51. The summed E-state index contributed by atoms with van der Waals surface area (Å²) in [5.74, 6) is 1.60. The first-order valence-electron chi connectivity index (χ1n) is 6.85. The molecule has 1 aromatic rings. The molecule has 1 heterocycles. The van der Waals surface area contributed by atoms with E-state index in [0.29, 0.717) is 6.61 Å². The van der Waals surface area contributed by atoms with Crippen molar-refractivity contribution in [1.82, 2.24) is 4.90 Å². The lowest BCUT2D eigenvalue weighted by molar-refractivity contribution is 0.214. The van der Waals surface area contributed by atoms with E-state index in [1.54, 1.807) is 7.11 Å². The zero-order valence-corrected chi connectivity index (χ0v) is 11.9. The number of nitrogens with two attached hydrogens (primary N) is 1. The molecule has 1 aromatic carbocycles. The predicted molar refractivity (Wildman–Crippen MR) is 76.7 cm³/mol. The van der Waals surface area contributed by atoms with E-state index < -0.39 is 0 Å². The van der Waals surface area contributed by atoms with Gasteiger partial charge in [-0.25, -0.2) is 0 Å². The molecule has 1 aliphatic heterocycles. The van der Waals surface area contributed by atoms with Crippen LogP contribution in [0, 0.1) is 5.41 Å². The largest absolute Gasteiger partial charge is 0.493 e. The molecule has 2 rings (SSSR count). The molecular weight excluding hydrogens is 240 g/mol. The molecular formula is C15H24N2O2. The Bertz CT molecular complexity index is 411. The van der Waals surface area contributed by atoms with Gasteiger partial charge in [0.1, 0.15) is 6.61 Å². The van der Waals surface area contributed by atoms with Gasteiger partial charge in [-0.2, -0.15) is 0 Å². The van der Waals surface area contributed by atoms with Gasteiger partial charge >= 0.3 is 0 Å². The third-order valence-electron chi connectivity index (χ3n) is 3.86. The van der Waals surface area contributed by atoms with E-state index in [1.807, 2.05) is 24.3 Å². The van der Waals surface area contributed by atoms with Crippen LogP contribution in [0.15, 0.2) is 24.3 Å². The summed E-state index contributed by atoms with van der Waals surface area (Å²) in [5, 5.41) is 0. The Morgan fingerprint density at radius 3 is 2.68 bits per heavy atom. The smallest absolute Gasteiger partial charge is 0.161 e. The average Bonchev–Trinajstić information content (AvgIpc) is 2.82. The van der Waals surface area contributed by atoms with E-state index in [4.69, 9.17) is 15.2 Å². The SMILES string of the molecule is COc1ccccc1OCCN1CCC(C)(CN)C1. The number of ether oxygens (including phenoxy) is 2. The van der Waals surface area contributed by atoms with E-state index in [1.165, 1.54) is 6.42 Å². The number of rotatable bonds is 6. The molecule has 0 spiro atoms. The van der Waals surface area contributed by atoms with Gasteiger partial charge in [0.2, 0.25) is 0 Å². The highest BCUT2D eigenvalue weighted by atomic mass is 16.5. The molecule has 0 amide bonds. The summed E-state index contributed by atoms with van der Waals surface area (Å²) >= 11 is 0. The molecule has 0 bridgehead atoms. The molecule has 1 atom stereocenters. The molecule has 0 saturated carbocycles. The minimum Gasteiger partial charge on any atom is -0.493 e. The third kappa shape index (κ3) is 3.61. The van der Waals surface area contributed by atoms with Crippen LogP contribution in [0.1, 0.15) is 13.3 Å². The van der Waals surface area contributed by atoms with Crippen molar-refractivity contribution in [3.63, 3.8) is 0 Å². The summed E-state index contributed by atoms with van der Waals surface area (Å²) in [5.41, 5.74) is 6.10. The number of hydrogen-bond donors (Lipinski definition) is 1. The first-order chi connectivity index (χ1) is 9.17. The van der Waals surface area contributed by atoms with Gasteiger partial charge in [0.05, 0.1) is 7.11 Å². The fraction of sp³-hybridized carbons (Fsp3) is 0.600. The van der Waals surface area contributed by atoms with Crippen LogP contribution < -0.4 is 15.2 Å². The van der Waals surface area contributed by atoms with Gasteiger partial charge in [-0.05, 0) is 37.1 Å². The van der Waals surface area contributed by atoms with E-state index in [9.17, 15) is 0 Å². The maximum atomic E-state index is 5.81. The van der Waals surface area contributed by atoms with Crippen molar-refractivity contribution in [2.24, 2.45) is 11.1 Å². The van der Waals surface area contributed by atoms with Gasteiger partial charge < -0.3 is 15.2 Å². The van der Waals surface area contributed by atoms with Crippen LogP contribution in [0.2, 0.25) is 0 Å². The average molecular weight is 264 g/mol. The molecule has 4 heteroatoms. The Labute approximate surface area is 115 Å². The molecule has 0 aliphatic carbocycles. The van der Waals surface area contributed by atoms with Crippen molar-refractivity contribution in [2.75, 3.05) is 39.9 Å². The van der Waals surface area contributed by atoms with Gasteiger partial charge in [0.15, 0.2) is 11.5 Å². The highest BCUT2D eigenvalue weighted by molar-refractivity contribution is 5.39. The minimum atomic E-state index is 0.282. The van der Waals surface area contributed by atoms with Crippen molar-refractivity contribution < 1.29 is 9.47 Å². The van der Waals surface area contributed by atoms with Crippen molar-refractivity contribution >= 4 is 0 Å². The van der Waals surface area contributed by atoms with Crippen LogP contribution in [0.4, 0.5) is 0 Å². The lowest BCUT2D eigenvalue weighted by Crippen LogP contribution is -2.33. The van der Waals surface area contributed by atoms with Gasteiger partial charge in [-0.15, -0.1) is 0 Å². The number of nitrogens with zero attached hydrogens (tertiary/aromatic N) is 1. The van der Waals surface area contributed by atoms with Crippen molar-refractivity contribution in [2.45, 2.75) is 13.3 Å². The summed E-state index contributed by atoms with van der Waals surface area (Å²) in [6.07, 6.45) is 1.18. The topological polar surface area (TPSA) is 47.7 Å². The second-order valence-electron chi connectivity index (χ2n) is 5.54. The third-order valence-corrected chi connectivity index (χ3v) is 3.86. The maximum absolute atomic E-state index is 5.81. The Morgan fingerprint density at radius 2 is 2.05 bits per heavy atom. The molecule has 19 heavy (non-hydrogen) atoms. The van der Waals surface area contributed by atoms with Gasteiger partial charge in [0, 0.05) is 13.1 Å². The lowest BCUT2D eigenvalue weighted by Gasteiger charge is -2.22. The molecule has 106 valence electrons. The first-order valence-corrected chi connectivity index (χ1v) is 6.85. The van der Waals surface area contributed by atoms with Crippen LogP contribution in [0.3, 0.4) is 0 Å². The quantitative estimate of drug-likeness (QED) is 0.850. The van der Waals surface area contributed by atoms with E-state index in [-0.39, 0.29) is 5.41 Å². The number of benzene rings is 1. The summed E-state index contributed by atoms with van der Waals surface area (Å²) in [4.78, 5) is 2.42. The van der Waals surface area contributed by atoms with Crippen molar-refractivity contribution in [3.8, 4) is 11.5 Å². The normalized spacial score (nSPS) is 23.5. The summed E-state index contributed by atoms with van der Waals surface area (Å²) in [6, 6.07) is 7.75. The van der Waals surface area contributed by atoms with Crippen LogP contribution in [-0.4, -0.2) is 44.8 Å². The number of methoxy groups -OCH3 is 1. The molecule has 1 unspecified atom stereocenters. The Balaban J connectivity index is 1.78. The van der Waals surface area contributed by atoms with Gasteiger partial charge in [-0.3, -0.25) is 4.90 Å². The van der Waals surface area contributed by atoms with Crippen LogP contribution in [-0.2, 0) is 0 Å². The van der Waals surface area contributed by atoms with E-state index in [0.717, 1.165) is 37.7 Å². The fourth-order valence-electron chi connectivity index (χ4n) is 2.51. The zero-order valence-electron chi connectivity index (χ0n) is 11.9. The molecule has 0 aromatic heterocycles. The first kappa shape index (κ1) is 14.2. The zero-order chi connectivity index (χ0) is 13.7. The minimum absolute atomic E-state index is 0.282. The Kier molecular flexibility index (Phi) is 4.66. The van der Waals surface area contributed by atoms with Crippen molar-refractivity contribution in [3.05, 3.63) is 24.3 Å². The summed E-state index contributed by atoms with van der Waals surface area (Å²) in [7, 11) is 1.66. The van der Waals surface area contributed by atoms with E-state index in [2.05, 4.69) is 11.8 Å². The summed E-state index contributed by atoms with van der Waals surface area (Å²) < 4.78 is 11.1. The standard InChI is InChI=1S/C15H24N2O2/c1-15(11-16)7-8-17(12-15)9-10-19-14-6-4-3-5-13(14)18-2/h3-6H,7-12,16H2,1-2H3. The second kappa shape index (κ2) is 6.26. The predicted octanol–water partition coefficient (Wildman–Crippen LogP) is 1.74. The molecule has 1 fully saturated rings. The van der Waals surface area contributed by atoms with Crippen LogP contribution in [0.5, 0.6) is 11.5 Å².